The molecule has 2 aromatic carbocycles. The second-order valence-corrected chi connectivity index (χ2v) is 20.2. The molecule has 13 atom stereocenters. The normalized spacial score (nSPS) is 31.6. The molecule has 73 heavy (non-hydrogen) atoms. The van der Waals surface area contributed by atoms with Crippen LogP contribution in [-0.2, 0) is 54.1 Å². The van der Waals surface area contributed by atoms with Gasteiger partial charge >= 0.3 is 30.1 Å². The van der Waals surface area contributed by atoms with Crippen molar-refractivity contribution in [2.24, 2.45) is 23.7 Å². The Morgan fingerprint density at radius 2 is 1.62 bits per heavy atom. The Morgan fingerprint density at radius 1 is 0.932 bits per heavy atom. The fourth-order valence-corrected chi connectivity index (χ4v) is 10.6. The first-order valence-electron chi connectivity index (χ1n) is 24.8. The standard InChI is InChI=1S/C52H69F3N6O12/c1-12-39-51(8)43(61(49(67)73-51)24-17-16-23-60-28-37(57-58-60)35-21-18-22-36(26-35)56-48(66)52(53,54)55)31(4)40(62)29(2)27-50(7,68-11)44(32(5)41(63)33(6)45(64)70-39)72-47-42(38(59(9)10)25-30(3)69-47)71-46(65)34-19-14-13-15-20-34/h13-15,18-22,26,28-33,38-39,42-44,47H,12,16-17,23-25,27H2,1-11H3,(H,56,66)/t29-,30-,31+,32+,33-,38+,39-,42-,43?,44-,47+,50+,51-/m1/s1. The second-order valence-electron chi connectivity index (χ2n) is 20.2. The van der Waals surface area contributed by atoms with Crippen molar-refractivity contribution in [1.82, 2.24) is 24.8 Å². The molecule has 1 N–H and O–H groups in total. The molecule has 400 valence electrons. The summed E-state index contributed by atoms with van der Waals surface area (Å²) in [6.45, 7) is 14.0. The predicted molar refractivity (Wildman–Crippen MR) is 259 cm³/mol. The van der Waals surface area contributed by atoms with Gasteiger partial charge in [-0.05, 0) is 98.2 Å². The maximum absolute atomic E-state index is 15.0. The van der Waals surface area contributed by atoms with E-state index in [1.54, 1.807) is 84.1 Å². The molecular formula is C52H69F3N6O12. The van der Waals surface area contributed by atoms with Crippen LogP contribution in [0.5, 0.6) is 0 Å². The smallest absolute Gasteiger partial charge is 0.458 e. The lowest BCUT2D eigenvalue weighted by Crippen LogP contribution is -2.61. The first kappa shape index (κ1) is 56.5. The van der Waals surface area contributed by atoms with E-state index >= 15 is 0 Å². The van der Waals surface area contributed by atoms with Gasteiger partial charge in [-0.25, -0.2) is 9.59 Å². The number of benzene rings is 2. The van der Waals surface area contributed by atoms with Crippen LogP contribution >= 0.6 is 0 Å². The molecule has 1 aromatic heterocycles. The zero-order chi connectivity index (χ0) is 53.7. The predicted octanol–water partition coefficient (Wildman–Crippen LogP) is 7.29. The zero-order valence-electron chi connectivity index (χ0n) is 43.3. The van der Waals surface area contributed by atoms with Crippen LogP contribution in [0.3, 0.4) is 0 Å². The van der Waals surface area contributed by atoms with Gasteiger partial charge in [0.05, 0.1) is 41.7 Å². The summed E-state index contributed by atoms with van der Waals surface area (Å²) in [5, 5.41) is 10.1. The van der Waals surface area contributed by atoms with E-state index in [-0.39, 0.29) is 43.0 Å². The van der Waals surface area contributed by atoms with Crippen LogP contribution < -0.4 is 5.32 Å². The molecule has 18 nitrogen and oxygen atoms in total. The summed E-state index contributed by atoms with van der Waals surface area (Å²) in [5.41, 5.74) is -1.93. The number of hydrogen-bond donors (Lipinski definition) is 1. The molecule has 3 saturated heterocycles. The summed E-state index contributed by atoms with van der Waals surface area (Å²) in [7, 11) is 5.16. The van der Waals surface area contributed by atoms with E-state index in [1.165, 1.54) is 41.8 Å². The summed E-state index contributed by atoms with van der Waals surface area (Å²) < 4.78 is 78.3. The average Bonchev–Trinajstić information content (AvgIpc) is 3.93. The molecule has 0 bridgehead atoms. The SMILES string of the molecule is CC[C@H]1OC(=O)[C@H](C)C(=O)[C@H](C)[C@@H](O[C@@H]2O[C@H](C)C[C@H](N(C)C)[C@H]2OC(=O)c2ccccc2)[C@@](C)(OC)C[C@@H](C)C(=O)[C@H](C)C2N(CCCCn3cc(-c4cccc(NC(=O)C(F)(F)F)c4)nn3)C(=O)O[C@@]21C. The Morgan fingerprint density at radius 3 is 2.26 bits per heavy atom. The number of anilines is 1. The van der Waals surface area contributed by atoms with Gasteiger partial charge in [0.25, 0.3) is 0 Å². The minimum absolute atomic E-state index is 0.0173. The van der Waals surface area contributed by atoms with E-state index in [2.05, 4.69) is 10.3 Å². The van der Waals surface area contributed by atoms with Gasteiger partial charge in [0, 0.05) is 49.2 Å². The van der Waals surface area contributed by atoms with E-state index in [9.17, 15) is 41.9 Å². The molecule has 0 saturated carbocycles. The fraction of sp³-hybridized carbons (Fsp3) is 0.615. The maximum Gasteiger partial charge on any atom is 0.471 e. The van der Waals surface area contributed by atoms with Gasteiger partial charge in [-0.1, -0.05) is 63.2 Å². The number of hydrogen-bond acceptors (Lipinski definition) is 15. The number of ether oxygens (including phenoxy) is 6. The van der Waals surface area contributed by atoms with E-state index < -0.39 is 101 Å². The van der Waals surface area contributed by atoms with Crippen LogP contribution in [-0.4, -0.2) is 148 Å². The Labute approximate surface area is 423 Å². The Balaban J connectivity index is 1.25. The van der Waals surface area contributed by atoms with Gasteiger partial charge in [0.2, 0.25) is 0 Å². The van der Waals surface area contributed by atoms with Gasteiger partial charge in [0.1, 0.15) is 23.5 Å². The monoisotopic (exact) mass is 1030 g/mol. The van der Waals surface area contributed by atoms with Crippen molar-refractivity contribution in [2.45, 2.75) is 154 Å². The number of likely N-dealkylation sites (N-methyl/N-ethyl adjacent to an activating group) is 1. The first-order chi connectivity index (χ1) is 34.3. The number of amides is 2. The summed E-state index contributed by atoms with van der Waals surface area (Å²) >= 11 is 0. The van der Waals surface area contributed by atoms with Crippen LogP contribution in [0.15, 0.2) is 60.8 Å². The number of carbonyl (C=O) groups excluding carboxylic acids is 6. The molecule has 2 amide bonds. The van der Waals surface area contributed by atoms with Crippen molar-refractivity contribution in [3.8, 4) is 11.3 Å². The molecule has 3 fully saturated rings. The van der Waals surface area contributed by atoms with Gasteiger partial charge in [-0.2, -0.15) is 13.2 Å². The molecule has 4 heterocycles. The minimum atomic E-state index is -5.06. The number of methoxy groups -OCH3 is 1. The lowest BCUT2D eigenvalue weighted by molar-refractivity contribution is -0.294. The number of nitrogens with one attached hydrogen (secondary N) is 1. The number of Topliss-reactive ketones (excluding diaryl/α,β-unsaturated/α-hetero) is 2. The van der Waals surface area contributed by atoms with Crippen LogP contribution in [0.25, 0.3) is 11.3 Å². The minimum Gasteiger partial charge on any atom is -0.458 e. The zero-order valence-corrected chi connectivity index (χ0v) is 43.3. The average molecular weight is 1030 g/mol. The van der Waals surface area contributed by atoms with E-state index in [0.29, 0.717) is 42.6 Å². The van der Waals surface area contributed by atoms with Crippen LogP contribution in [0.2, 0.25) is 0 Å². The van der Waals surface area contributed by atoms with Crippen LogP contribution in [0.1, 0.15) is 97.9 Å². The first-order valence-corrected chi connectivity index (χ1v) is 24.8. The molecule has 0 radical (unpaired) electrons. The number of unbranched alkanes of at least 4 members (excludes halogenated alkanes) is 1. The van der Waals surface area contributed by atoms with Crippen molar-refractivity contribution in [3.05, 3.63) is 66.4 Å². The molecular weight excluding hydrogens is 958 g/mol. The fourth-order valence-electron chi connectivity index (χ4n) is 10.6. The van der Waals surface area contributed by atoms with Crippen LogP contribution in [0.4, 0.5) is 23.7 Å². The lowest BCUT2D eigenvalue weighted by Gasteiger charge is -2.47. The van der Waals surface area contributed by atoms with Crippen molar-refractivity contribution >= 4 is 41.2 Å². The summed E-state index contributed by atoms with van der Waals surface area (Å²) in [6, 6.07) is 12.9. The number of cyclic esters (lactones) is 1. The third-order valence-corrected chi connectivity index (χ3v) is 14.6. The van der Waals surface area contributed by atoms with Gasteiger partial charge in [-0.15, -0.1) is 5.10 Å². The quantitative estimate of drug-likeness (QED) is 0.0728. The molecule has 1 unspecified atom stereocenters. The number of nitrogens with zero attached hydrogens (tertiary/aromatic N) is 5. The molecule has 3 aromatic rings. The third kappa shape index (κ3) is 12.6. The number of esters is 2. The highest BCUT2D eigenvalue weighted by Gasteiger charge is 2.60. The Hall–Kier alpha value is -5.77. The topological polar surface area (TPSA) is 207 Å². The van der Waals surface area contributed by atoms with Crippen molar-refractivity contribution in [3.63, 3.8) is 0 Å². The number of alkyl halides is 3. The number of fused-ring (bicyclic) bond motifs is 1. The van der Waals surface area contributed by atoms with Crippen molar-refractivity contribution in [1.29, 1.82) is 0 Å². The Bertz CT molecular complexity index is 2460. The number of ketones is 2. The second kappa shape index (κ2) is 23.2. The molecule has 3 aliphatic heterocycles. The third-order valence-electron chi connectivity index (χ3n) is 14.6. The van der Waals surface area contributed by atoms with Gasteiger partial charge in [0.15, 0.2) is 23.8 Å². The number of halogens is 3. The van der Waals surface area contributed by atoms with Crippen LogP contribution in [0, 0.1) is 23.7 Å². The van der Waals surface area contributed by atoms with Gasteiger partial charge < -0.3 is 43.5 Å². The molecule has 21 heteroatoms. The molecule has 0 aliphatic carbocycles. The highest BCUT2D eigenvalue weighted by molar-refractivity contribution is 6.00. The largest absolute Gasteiger partial charge is 0.471 e. The molecule has 3 aliphatic rings. The van der Waals surface area contributed by atoms with E-state index in [1.807, 2.05) is 31.2 Å². The number of aromatic nitrogens is 3. The van der Waals surface area contributed by atoms with Crippen molar-refractivity contribution in [2.75, 3.05) is 33.1 Å². The Kier molecular flexibility index (Phi) is 18.0. The number of carbonyl (C=O) groups is 6. The van der Waals surface area contributed by atoms with Crippen molar-refractivity contribution < 1.29 is 70.4 Å². The maximum atomic E-state index is 15.0. The summed E-state index contributed by atoms with van der Waals surface area (Å²) in [5.74, 6) is -8.44. The highest BCUT2D eigenvalue weighted by atomic mass is 19.4. The summed E-state index contributed by atoms with van der Waals surface area (Å²) in [4.78, 5) is 86.5. The molecule has 0 spiro atoms. The lowest BCUT2D eigenvalue weighted by atomic mass is 9.73. The number of aryl methyl sites for hydroxylation is 1. The van der Waals surface area contributed by atoms with Gasteiger partial charge in [-0.3, -0.25) is 23.9 Å². The number of rotatable bonds is 14. The molecule has 6 rings (SSSR count). The van der Waals surface area contributed by atoms with E-state index in [4.69, 9.17) is 28.4 Å². The van der Waals surface area contributed by atoms with E-state index in [0.717, 1.165) is 0 Å². The highest BCUT2D eigenvalue weighted by Crippen LogP contribution is 2.43. The summed E-state index contributed by atoms with van der Waals surface area (Å²) in [6.07, 6.45) is -7.50.